The molecule has 0 fully saturated rings. The van der Waals surface area contributed by atoms with E-state index in [1.807, 2.05) is 0 Å². The Hall–Kier alpha value is -3.19. The molecule has 0 atom stereocenters. The minimum absolute atomic E-state index is 0.388. The summed E-state index contributed by atoms with van der Waals surface area (Å²) in [6.45, 7) is 0. The summed E-state index contributed by atoms with van der Waals surface area (Å²) >= 11 is 5.84. The molecule has 0 saturated carbocycles. The van der Waals surface area contributed by atoms with Crippen LogP contribution in [0.15, 0.2) is 64.2 Å². The van der Waals surface area contributed by atoms with Crippen molar-refractivity contribution in [1.29, 1.82) is 0 Å². The maximum atomic E-state index is 12.4. The van der Waals surface area contributed by atoms with Crippen LogP contribution in [-0.2, 0) is 7.05 Å². The minimum Gasteiger partial charge on any atom is -0.320 e. The number of nitrogens with one attached hydrogen (secondary N) is 1. The van der Waals surface area contributed by atoms with Crippen LogP contribution in [-0.4, -0.2) is 20.3 Å². The average Bonchev–Trinajstić information content (AvgIpc) is 2.62. The summed E-state index contributed by atoms with van der Waals surface area (Å²) in [6.07, 6.45) is 0. The Balaban J connectivity index is 2.08. The van der Waals surface area contributed by atoms with Crippen molar-refractivity contribution in [3.8, 4) is 5.69 Å². The van der Waals surface area contributed by atoms with Crippen molar-refractivity contribution >= 4 is 23.2 Å². The first kappa shape index (κ1) is 16.7. The molecule has 7 nitrogen and oxygen atoms in total. The fourth-order valence-electron chi connectivity index (χ4n) is 2.18. The van der Waals surface area contributed by atoms with Gasteiger partial charge in [0.15, 0.2) is 0 Å². The average molecular weight is 357 g/mol. The summed E-state index contributed by atoms with van der Waals surface area (Å²) in [5, 5.41) is 7.02. The third kappa shape index (κ3) is 3.36. The molecule has 126 valence electrons. The molecule has 25 heavy (non-hydrogen) atoms. The monoisotopic (exact) mass is 356 g/mol. The Labute approximate surface area is 147 Å². The maximum Gasteiger partial charge on any atom is 0.351 e. The molecule has 0 unspecified atom stereocenters. The van der Waals surface area contributed by atoms with Gasteiger partial charge in [-0.05, 0) is 36.4 Å². The normalized spacial score (nSPS) is 10.5. The van der Waals surface area contributed by atoms with Crippen LogP contribution in [0.1, 0.15) is 10.5 Å². The van der Waals surface area contributed by atoms with Crippen molar-refractivity contribution in [2.75, 3.05) is 5.32 Å². The van der Waals surface area contributed by atoms with Gasteiger partial charge in [0.2, 0.25) is 5.69 Å². The number of para-hydroxylation sites is 1. The van der Waals surface area contributed by atoms with Crippen LogP contribution in [0.2, 0.25) is 5.02 Å². The van der Waals surface area contributed by atoms with E-state index in [4.69, 9.17) is 11.6 Å². The van der Waals surface area contributed by atoms with Crippen molar-refractivity contribution in [3.05, 3.63) is 86.2 Å². The number of anilines is 1. The number of rotatable bonds is 3. The van der Waals surface area contributed by atoms with E-state index in [9.17, 15) is 14.4 Å². The summed E-state index contributed by atoms with van der Waals surface area (Å²) < 4.78 is 1.82. The Kier molecular flexibility index (Phi) is 4.49. The number of amides is 1. The van der Waals surface area contributed by atoms with Gasteiger partial charge in [-0.15, -0.1) is 0 Å². The molecular formula is C17H13ClN4O3. The second-order valence-electron chi connectivity index (χ2n) is 5.20. The molecule has 0 aliphatic carbocycles. The van der Waals surface area contributed by atoms with E-state index in [-0.39, 0.29) is 5.69 Å². The van der Waals surface area contributed by atoms with E-state index in [1.54, 1.807) is 54.6 Å². The van der Waals surface area contributed by atoms with Gasteiger partial charge < -0.3 is 5.32 Å². The molecule has 3 rings (SSSR count). The zero-order valence-electron chi connectivity index (χ0n) is 13.1. The SMILES string of the molecule is Cn1c(=O)c(C(=O)Nc2ccccc2)nn(-c2ccc(Cl)cc2)c1=O. The first-order valence-corrected chi connectivity index (χ1v) is 7.68. The van der Waals surface area contributed by atoms with Gasteiger partial charge in [0.05, 0.1) is 5.69 Å². The lowest BCUT2D eigenvalue weighted by Gasteiger charge is -2.09. The first-order chi connectivity index (χ1) is 12.0. The predicted octanol–water partition coefficient (Wildman–Crippen LogP) is 1.84. The molecule has 1 heterocycles. The van der Waals surface area contributed by atoms with Gasteiger partial charge >= 0.3 is 5.69 Å². The quantitative estimate of drug-likeness (QED) is 0.775. The Morgan fingerprint density at radius 2 is 1.68 bits per heavy atom. The molecule has 0 aliphatic rings. The molecular weight excluding hydrogens is 344 g/mol. The molecule has 1 N–H and O–H groups in total. The Morgan fingerprint density at radius 1 is 1.04 bits per heavy atom. The standard InChI is InChI=1S/C17H13ClN4O3/c1-21-16(24)14(15(23)19-12-5-3-2-4-6-12)20-22(17(21)25)13-9-7-11(18)8-10-13/h2-10H,1H3,(H,19,23). The second kappa shape index (κ2) is 6.74. The third-order valence-corrected chi connectivity index (χ3v) is 3.75. The van der Waals surface area contributed by atoms with Crippen LogP contribution >= 0.6 is 11.6 Å². The number of hydrogen-bond donors (Lipinski definition) is 1. The van der Waals surface area contributed by atoms with Gasteiger partial charge in [-0.25, -0.2) is 4.79 Å². The third-order valence-electron chi connectivity index (χ3n) is 3.49. The molecule has 0 bridgehead atoms. The van der Waals surface area contributed by atoms with Crippen molar-refractivity contribution in [1.82, 2.24) is 14.3 Å². The Bertz CT molecular complexity index is 1040. The zero-order chi connectivity index (χ0) is 18.0. The zero-order valence-corrected chi connectivity index (χ0v) is 13.9. The summed E-state index contributed by atoms with van der Waals surface area (Å²) in [4.78, 5) is 37.0. The van der Waals surface area contributed by atoms with Crippen molar-refractivity contribution in [2.24, 2.45) is 7.05 Å². The van der Waals surface area contributed by atoms with E-state index in [0.29, 0.717) is 16.4 Å². The fourth-order valence-corrected chi connectivity index (χ4v) is 2.30. The molecule has 0 aliphatic heterocycles. The largest absolute Gasteiger partial charge is 0.351 e. The minimum atomic E-state index is -0.774. The second-order valence-corrected chi connectivity index (χ2v) is 5.64. The molecule has 0 saturated heterocycles. The van der Waals surface area contributed by atoms with Gasteiger partial charge in [-0.3, -0.25) is 14.2 Å². The van der Waals surface area contributed by atoms with Gasteiger partial charge in [-0.2, -0.15) is 9.78 Å². The van der Waals surface area contributed by atoms with E-state index in [2.05, 4.69) is 10.4 Å². The highest BCUT2D eigenvalue weighted by atomic mass is 35.5. The van der Waals surface area contributed by atoms with Gasteiger partial charge in [0.1, 0.15) is 0 Å². The topological polar surface area (TPSA) is 86.0 Å². The van der Waals surface area contributed by atoms with E-state index < -0.39 is 17.2 Å². The summed E-state index contributed by atoms with van der Waals surface area (Å²) in [7, 11) is 1.29. The van der Waals surface area contributed by atoms with Gasteiger partial charge in [0, 0.05) is 17.8 Å². The highest BCUT2D eigenvalue weighted by Gasteiger charge is 2.18. The van der Waals surface area contributed by atoms with Crippen LogP contribution in [0.3, 0.4) is 0 Å². The van der Waals surface area contributed by atoms with Crippen LogP contribution in [0.4, 0.5) is 5.69 Å². The highest BCUT2D eigenvalue weighted by Crippen LogP contribution is 2.11. The van der Waals surface area contributed by atoms with Crippen LogP contribution in [0.5, 0.6) is 0 Å². The summed E-state index contributed by atoms with van der Waals surface area (Å²) in [5.41, 5.74) is -0.924. The van der Waals surface area contributed by atoms with Crippen LogP contribution < -0.4 is 16.6 Å². The van der Waals surface area contributed by atoms with Crippen LogP contribution in [0.25, 0.3) is 5.69 Å². The Morgan fingerprint density at radius 3 is 2.32 bits per heavy atom. The lowest BCUT2D eigenvalue weighted by Crippen LogP contribution is -2.43. The van der Waals surface area contributed by atoms with Gasteiger partial charge in [-0.1, -0.05) is 29.8 Å². The van der Waals surface area contributed by atoms with E-state index in [0.717, 1.165) is 9.25 Å². The summed E-state index contributed by atoms with van der Waals surface area (Å²) in [5.74, 6) is -0.700. The lowest BCUT2D eigenvalue weighted by molar-refractivity contribution is 0.101. The van der Waals surface area contributed by atoms with Crippen molar-refractivity contribution < 1.29 is 4.79 Å². The molecule has 0 radical (unpaired) electrons. The maximum absolute atomic E-state index is 12.4. The summed E-state index contributed by atoms with van der Waals surface area (Å²) in [6, 6.07) is 15.0. The fraction of sp³-hybridized carbons (Fsp3) is 0.0588. The van der Waals surface area contributed by atoms with E-state index >= 15 is 0 Å². The van der Waals surface area contributed by atoms with Crippen LogP contribution in [0, 0.1) is 0 Å². The molecule has 1 amide bonds. The van der Waals surface area contributed by atoms with Gasteiger partial charge in [0.25, 0.3) is 11.5 Å². The molecule has 1 aromatic heterocycles. The number of carbonyl (C=O) groups is 1. The molecule has 0 spiro atoms. The first-order valence-electron chi connectivity index (χ1n) is 7.30. The molecule has 2 aromatic carbocycles. The predicted molar refractivity (Wildman–Crippen MR) is 94.5 cm³/mol. The number of aromatic nitrogens is 3. The smallest absolute Gasteiger partial charge is 0.320 e. The number of halogens is 1. The lowest BCUT2D eigenvalue weighted by atomic mass is 10.3. The number of benzene rings is 2. The highest BCUT2D eigenvalue weighted by molar-refractivity contribution is 6.30. The number of hydrogen-bond acceptors (Lipinski definition) is 4. The van der Waals surface area contributed by atoms with E-state index in [1.165, 1.54) is 7.05 Å². The molecule has 3 aromatic rings. The number of carbonyl (C=O) groups excluding carboxylic acids is 1. The number of nitrogens with zero attached hydrogens (tertiary/aromatic N) is 3. The van der Waals surface area contributed by atoms with Crippen molar-refractivity contribution in [3.63, 3.8) is 0 Å². The molecule has 8 heteroatoms. The van der Waals surface area contributed by atoms with Crippen molar-refractivity contribution in [2.45, 2.75) is 0 Å².